The van der Waals surface area contributed by atoms with Gasteiger partial charge < -0.3 is 4.42 Å². The first-order valence-electron chi connectivity index (χ1n) is 13.2. The Hall–Kier alpha value is -4.10. The minimum Gasteiger partial charge on any atom is -0.455 e. The molecule has 0 fully saturated rings. The van der Waals surface area contributed by atoms with E-state index >= 15 is 0 Å². The van der Waals surface area contributed by atoms with Crippen molar-refractivity contribution in [2.75, 3.05) is 0 Å². The molecule has 0 unspecified atom stereocenters. The molecule has 0 saturated heterocycles. The summed E-state index contributed by atoms with van der Waals surface area (Å²) in [6, 6.07) is 35.9. The third-order valence-corrected chi connectivity index (χ3v) is 9.10. The largest absolute Gasteiger partial charge is 0.455 e. The predicted molar refractivity (Wildman–Crippen MR) is 154 cm³/mol. The van der Waals surface area contributed by atoms with Crippen LogP contribution in [0.3, 0.4) is 0 Å². The quantitative estimate of drug-likeness (QED) is 0.230. The molecule has 37 heavy (non-hydrogen) atoms. The molecule has 5 aromatic carbocycles. The second kappa shape index (κ2) is 6.81. The van der Waals surface area contributed by atoms with E-state index in [4.69, 9.17) is 4.42 Å². The summed E-state index contributed by atoms with van der Waals surface area (Å²) in [6.07, 6.45) is 0. The zero-order valence-electron chi connectivity index (χ0n) is 21.6. The van der Waals surface area contributed by atoms with Crippen LogP contribution in [-0.4, -0.2) is 0 Å². The Morgan fingerprint density at radius 1 is 0.486 bits per heavy atom. The lowest BCUT2D eigenvalue weighted by Crippen LogP contribution is -2.15. The maximum Gasteiger partial charge on any atom is 0.143 e. The lowest BCUT2D eigenvalue weighted by atomic mass is 9.81. The molecule has 1 nitrogen and oxygen atoms in total. The molecule has 2 aliphatic carbocycles. The zero-order chi connectivity index (χ0) is 25.1. The first kappa shape index (κ1) is 21.0. The van der Waals surface area contributed by atoms with Crippen LogP contribution in [0.25, 0.3) is 55.3 Å². The van der Waals surface area contributed by atoms with E-state index in [-0.39, 0.29) is 10.8 Å². The molecule has 0 radical (unpaired) electrons. The van der Waals surface area contributed by atoms with Crippen LogP contribution < -0.4 is 0 Å². The van der Waals surface area contributed by atoms with E-state index in [1.54, 1.807) is 0 Å². The van der Waals surface area contributed by atoms with Crippen LogP contribution >= 0.6 is 0 Å². The van der Waals surface area contributed by atoms with Crippen molar-refractivity contribution in [3.8, 4) is 33.4 Å². The molecule has 0 amide bonds. The van der Waals surface area contributed by atoms with Crippen LogP contribution in [0.4, 0.5) is 0 Å². The van der Waals surface area contributed by atoms with E-state index in [0.717, 1.165) is 11.2 Å². The van der Waals surface area contributed by atoms with Gasteiger partial charge in [0.15, 0.2) is 0 Å². The Labute approximate surface area is 217 Å². The van der Waals surface area contributed by atoms with Gasteiger partial charge in [-0.05, 0) is 68.3 Å². The molecule has 1 heteroatoms. The summed E-state index contributed by atoms with van der Waals surface area (Å²) in [5.74, 6) is 0. The van der Waals surface area contributed by atoms with Gasteiger partial charge >= 0.3 is 0 Å². The van der Waals surface area contributed by atoms with E-state index in [9.17, 15) is 0 Å². The number of rotatable bonds is 1. The van der Waals surface area contributed by atoms with Crippen LogP contribution in [0.2, 0.25) is 0 Å². The summed E-state index contributed by atoms with van der Waals surface area (Å²) >= 11 is 0. The van der Waals surface area contributed by atoms with Crippen molar-refractivity contribution in [1.82, 2.24) is 0 Å². The zero-order valence-corrected chi connectivity index (χ0v) is 21.6. The molecule has 0 spiro atoms. The van der Waals surface area contributed by atoms with Crippen molar-refractivity contribution in [2.45, 2.75) is 38.5 Å². The molecule has 178 valence electrons. The monoisotopic (exact) mass is 476 g/mol. The number of fused-ring (bicyclic) bond motifs is 10. The minimum atomic E-state index is -0.0715. The average Bonchev–Trinajstić information content (AvgIpc) is 3.48. The van der Waals surface area contributed by atoms with Gasteiger partial charge in [0.2, 0.25) is 0 Å². The Kier molecular flexibility index (Phi) is 3.87. The normalized spacial score (nSPS) is 16.0. The van der Waals surface area contributed by atoms with Crippen molar-refractivity contribution in [3.63, 3.8) is 0 Å². The SMILES string of the molecule is CC1(C)c2ccccc2-c2ccc(-c3ccc4c(c3)-c3c(ccc5c3oc3ccccc35)C4(C)C)cc21. The Balaban J connectivity index is 1.35. The summed E-state index contributed by atoms with van der Waals surface area (Å²) in [4.78, 5) is 0. The van der Waals surface area contributed by atoms with Gasteiger partial charge in [-0.3, -0.25) is 0 Å². The smallest absolute Gasteiger partial charge is 0.143 e. The maximum atomic E-state index is 6.51. The highest BCUT2D eigenvalue weighted by Gasteiger charge is 2.38. The van der Waals surface area contributed by atoms with Gasteiger partial charge in [-0.2, -0.15) is 0 Å². The predicted octanol–water partition coefficient (Wildman–Crippen LogP) is 9.87. The maximum absolute atomic E-state index is 6.51. The summed E-state index contributed by atoms with van der Waals surface area (Å²) in [6.45, 7) is 9.37. The van der Waals surface area contributed by atoms with Crippen LogP contribution in [0, 0.1) is 0 Å². The van der Waals surface area contributed by atoms with E-state index in [1.807, 2.05) is 0 Å². The molecule has 6 aromatic rings. The molecule has 0 N–H and O–H groups in total. The second-order valence-electron chi connectivity index (χ2n) is 11.8. The highest BCUT2D eigenvalue weighted by atomic mass is 16.3. The molecule has 0 atom stereocenters. The van der Waals surface area contributed by atoms with Crippen molar-refractivity contribution in [1.29, 1.82) is 0 Å². The Morgan fingerprint density at radius 2 is 1.14 bits per heavy atom. The molecule has 8 rings (SSSR count). The van der Waals surface area contributed by atoms with E-state index < -0.39 is 0 Å². The third-order valence-electron chi connectivity index (χ3n) is 9.10. The summed E-state index contributed by atoms with van der Waals surface area (Å²) in [5, 5.41) is 2.38. The Bertz CT molecular complexity index is 1930. The van der Waals surface area contributed by atoms with Gasteiger partial charge in [0.1, 0.15) is 11.2 Å². The summed E-state index contributed by atoms with van der Waals surface area (Å²) in [7, 11) is 0. The van der Waals surface area contributed by atoms with Crippen molar-refractivity contribution < 1.29 is 4.42 Å². The number of hydrogen-bond donors (Lipinski definition) is 0. The molecular weight excluding hydrogens is 448 g/mol. The first-order chi connectivity index (χ1) is 17.9. The fraction of sp³-hybridized carbons (Fsp3) is 0.167. The Morgan fingerprint density at radius 3 is 2.03 bits per heavy atom. The molecule has 2 aliphatic rings. The highest BCUT2D eigenvalue weighted by Crippen LogP contribution is 2.54. The average molecular weight is 477 g/mol. The number of benzene rings is 5. The van der Waals surface area contributed by atoms with Crippen LogP contribution in [-0.2, 0) is 10.8 Å². The summed E-state index contributed by atoms with van der Waals surface area (Å²) in [5.41, 5.74) is 15.2. The lowest BCUT2D eigenvalue weighted by molar-refractivity contribution is 0.653. The molecular formula is C36H28O. The van der Waals surface area contributed by atoms with Gasteiger partial charge in [-0.25, -0.2) is 0 Å². The molecule has 1 heterocycles. The van der Waals surface area contributed by atoms with Gasteiger partial charge in [-0.15, -0.1) is 0 Å². The number of hydrogen-bond acceptors (Lipinski definition) is 1. The number of para-hydroxylation sites is 1. The van der Waals surface area contributed by atoms with Gasteiger partial charge in [0.05, 0.1) is 0 Å². The van der Waals surface area contributed by atoms with E-state index in [1.165, 1.54) is 66.4 Å². The topological polar surface area (TPSA) is 13.1 Å². The van der Waals surface area contributed by atoms with Gasteiger partial charge in [0.25, 0.3) is 0 Å². The van der Waals surface area contributed by atoms with Crippen LogP contribution in [0.5, 0.6) is 0 Å². The van der Waals surface area contributed by atoms with Gasteiger partial charge in [-0.1, -0.05) is 107 Å². The molecule has 0 bridgehead atoms. The van der Waals surface area contributed by atoms with E-state index in [0.29, 0.717) is 0 Å². The number of furan rings is 1. The fourth-order valence-electron chi connectivity index (χ4n) is 7.08. The second-order valence-corrected chi connectivity index (χ2v) is 11.8. The van der Waals surface area contributed by atoms with Crippen molar-refractivity contribution in [2.24, 2.45) is 0 Å². The van der Waals surface area contributed by atoms with Gasteiger partial charge in [0, 0.05) is 27.2 Å². The molecule has 1 aromatic heterocycles. The highest BCUT2D eigenvalue weighted by molar-refractivity contribution is 6.12. The van der Waals surface area contributed by atoms with Crippen LogP contribution in [0.1, 0.15) is 49.9 Å². The standard InChI is InChI=1S/C36H28O/c1-35(2)29-17-14-21(22-13-15-24-23-9-5-7-11-28(23)36(3,4)31(24)20-22)19-27(29)33-30(35)18-16-26-25-10-6-8-12-32(25)37-34(26)33/h5-20H,1-4H3. The van der Waals surface area contributed by atoms with Crippen molar-refractivity contribution >= 4 is 21.9 Å². The van der Waals surface area contributed by atoms with E-state index in [2.05, 4.69) is 125 Å². The van der Waals surface area contributed by atoms with Crippen LogP contribution in [0.15, 0.2) is 101 Å². The minimum absolute atomic E-state index is 0.00626. The summed E-state index contributed by atoms with van der Waals surface area (Å²) < 4.78 is 6.51. The first-order valence-corrected chi connectivity index (χ1v) is 13.2. The molecule has 0 aliphatic heterocycles. The van der Waals surface area contributed by atoms with Crippen molar-refractivity contribution in [3.05, 3.63) is 119 Å². The third kappa shape index (κ3) is 2.59. The molecule has 0 saturated carbocycles. The fourth-order valence-corrected chi connectivity index (χ4v) is 7.08. The lowest BCUT2D eigenvalue weighted by Gasteiger charge is -2.22.